The Balaban J connectivity index is 1.48. The van der Waals surface area contributed by atoms with Crippen molar-refractivity contribution in [3.63, 3.8) is 0 Å². The number of amides is 2. The topological polar surface area (TPSA) is 75.7 Å². The summed E-state index contributed by atoms with van der Waals surface area (Å²) in [5, 5.41) is 3.56. The van der Waals surface area contributed by atoms with Crippen molar-refractivity contribution >= 4 is 64.0 Å². The number of carbonyl (C=O) groups excluding carboxylic acids is 3. The van der Waals surface area contributed by atoms with Crippen LogP contribution < -0.4 is 15.0 Å². The Kier molecular flexibility index (Phi) is 6.42. The van der Waals surface area contributed by atoms with E-state index in [0.717, 1.165) is 10.5 Å². The van der Waals surface area contributed by atoms with Crippen molar-refractivity contribution in [2.45, 2.75) is 6.92 Å². The minimum absolute atomic E-state index is 0.0742. The summed E-state index contributed by atoms with van der Waals surface area (Å²) in [4.78, 5) is 38.8. The van der Waals surface area contributed by atoms with E-state index in [1.807, 2.05) is 6.92 Å². The van der Waals surface area contributed by atoms with Gasteiger partial charge in [0.2, 0.25) is 0 Å². The SMILES string of the molecule is Cc1ccc(N2C(=O)C(Cl)=C(Nc3ccc(C(=O)Oc4ccc(Cl)cc4)cc3)C2=O)cc1Cl. The highest BCUT2D eigenvalue weighted by Gasteiger charge is 2.39. The van der Waals surface area contributed by atoms with Crippen LogP contribution in [0.15, 0.2) is 77.5 Å². The van der Waals surface area contributed by atoms with Crippen LogP contribution in [0.3, 0.4) is 0 Å². The molecule has 1 heterocycles. The van der Waals surface area contributed by atoms with Crippen LogP contribution in [0.2, 0.25) is 10.0 Å². The second-order valence-electron chi connectivity index (χ2n) is 7.11. The Labute approximate surface area is 204 Å². The number of rotatable bonds is 5. The Morgan fingerprint density at radius 3 is 2.18 bits per heavy atom. The average Bonchev–Trinajstić information content (AvgIpc) is 3.01. The Morgan fingerprint density at radius 1 is 0.879 bits per heavy atom. The van der Waals surface area contributed by atoms with Crippen LogP contribution in [0.4, 0.5) is 11.4 Å². The highest BCUT2D eigenvalue weighted by Crippen LogP contribution is 2.32. The molecule has 0 aromatic heterocycles. The van der Waals surface area contributed by atoms with Gasteiger partial charge in [0.25, 0.3) is 11.8 Å². The normalized spacial score (nSPS) is 13.5. The first-order valence-electron chi connectivity index (χ1n) is 9.64. The van der Waals surface area contributed by atoms with E-state index in [4.69, 9.17) is 39.5 Å². The number of nitrogens with one attached hydrogen (secondary N) is 1. The third kappa shape index (κ3) is 4.73. The van der Waals surface area contributed by atoms with E-state index < -0.39 is 17.8 Å². The van der Waals surface area contributed by atoms with Crippen molar-refractivity contribution in [3.05, 3.63) is 98.6 Å². The van der Waals surface area contributed by atoms with Crippen molar-refractivity contribution in [1.29, 1.82) is 0 Å². The van der Waals surface area contributed by atoms with Crippen LogP contribution >= 0.6 is 34.8 Å². The van der Waals surface area contributed by atoms with Gasteiger partial charge in [0, 0.05) is 15.7 Å². The molecule has 0 atom stereocenters. The van der Waals surface area contributed by atoms with Gasteiger partial charge in [0.05, 0.1) is 11.3 Å². The molecule has 2 amide bonds. The lowest BCUT2D eigenvalue weighted by Gasteiger charge is -2.16. The van der Waals surface area contributed by atoms with Crippen LogP contribution in [0, 0.1) is 6.92 Å². The maximum Gasteiger partial charge on any atom is 0.343 e. The largest absolute Gasteiger partial charge is 0.423 e. The number of carbonyl (C=O) groups is 3. The highest BCUT2D eigenvalue weighted by atomic mass is 35.5. The number of hydrogen-bond donors (Lipinski definition) is 1. The number of halogens is 3. The Hall–Kier alpha value is -3.32. The monoisotopic (exact) mass is 500 g/mol. The highest BCUT2D eigenvalue weighted by molar-refractivity contribution is 6.53. The van der Waals surface area contributed by atoms with Gasteiger partial charge >= 0.3 is 5.97 Å². The van der Waals surface area contributed by atoms with Gasteiger partial charge < -0.3 is 10.1 Å². The fourth-order valence-corrected chi connectivity index (χ4v) is 3.58. The van der Waals surface area contributed by atoms with Gasteiger partial charge in [0.15, 0.2) is 0 Å². The molecule has 0 spiro atoms. The van der Waals surface area contributed by atoms with Gasteiger partial charge in [-0.1, -0.05) is 40.9 Å². The number of benzene rings is 3. The molecule has 3 aromatic carbocycles. The molecular weight excluding hydrogens is 487 g/mol. The van der Waals surface area contributed by atoms with E-state index in [1.54, 1.807) is 48.5 Å². The minimum Gasteiger partial charge on any atom is -0.423 e. The summed E-state index contributed by atoms with van der Waals surface area (Å²) in [6.45, 7) is 1.81. The molecular formula is C24H15Cl3N2O4. The maximum absolute atomic E-state index is 12.9. The Bertz CT molecular complexity index is 1300. The molecule has 1 aliphatic rings. The number of imide groups is 1. The number of aryl methyl sites for hydroxylation is 1. The van der Waals surface area contributed by atoms with Crippen LogP contribution in [0.25, 0.3) is 0 Å². The molecule has 166 valence electrons. The number of ether oxygens (including phenoxy) is 1. The van der Waals surface area contributed by atoms with Gasteiger partial charge in [0.1, 0.15) is 16.5 Å². The molecule has 0 bridgehead atoms. The van der Waals surface area contributed by atoms with Gasteiger partial charge in [-0.05, 0) is 73.2 Å². The number of hydrogen-bond acceptors (Lipinski definition) is 5. The summed E-state index contributed by atoms with van der Waals surface area (Å²) in [5.74, 6) is -1.48. The number of esters is 1. The predicted molar refractivity (Wildman–Crippen MR) is 128 cm³/mol. The van der Waals surface area contributed by atoms with E-state index in [-0.39, 0.29) is 10.7 Å². The molecule has 0 radical (unpaired) electrons. The lowest BCUT2D eigenvalue weighted by Crippen LogP contribution is -2.32. The summed E-state index contributed by atoms with van der Waals surface area (Å²) in [7, 11) is 0. The van der Waals surface area contributed by atoms with Crippen molar-refractivity contribution in [2.75, 3.05) is 10.2 Å². The van der Waals surface area contributed by atoms with Crippen molar-refractivity contribution in [3.8, 4) is 5.75 Å². The smallest absolute Gasteiger partial charge is 0.343 e. The van der Waals surface area contributed by atoms with Crippen molar-refractivity contribution < 1.29 is 19.1 Å². The third-order valence-corrected chi connectivity index (χ3v) is 5.86. The fraction of sp³-hybridized carbons (Fsp3) is 0.0417. The van der Waals surface area contributed by atoms with E-state index in [0.29, 0.717) is 32.7 Å². The molecule has 0 saturated carbocycles. The van der Waals surface area contributed by atoms with Gasteiger partial charge in [-0.3, -0.25) is 9.59 Å². The van der Waals surface area contributed by atoms with Gasteiger partial charge in [-0.25, -0.2) is 9.69 Å². The second-order valence-corrected chi connectivity index (χ2v) is 8.34. The molecule has 1 aliphatic heterocycles. The first-order chi connectivity index (χ1) is 15.7. The fourth-order valence-electron chi connectivity index (χ4n) is 3.07. The number of nitrogens with zero attached hydrogens (tertiary/aromatic N) is 1. The molecule has 1 N–H and O–H groups in total. The molecule has 3 aromatic rings. The first kappa shape index (κ1) is 22.9. The van der Waals surface area contributed by atoms with E-state index in [1.165, 1.54) is 18.2 Å². The average molecular weight is 502 g/mol. The summed E-state index contributed by atoms with van der Waals surface area (Å²) in [5.41, 5.74) is 1.80. The summed E-state index contributed by atoms with van der Waals surface area (Å²) < 4.78 is 5.29. The Morgan fingerprint density at radius 2 is 1.55 bits per heavy atom. The summed E-state index contributed by atoms with van der Waals surface area (Å²) in [6, 6.07) is 17.4. The van der Waals surface area contributed by atoms with E-state index in [9.17, 15) is 14.4 Å². The van der Waals surface area contributed by atoms with Crippen LogP contribution in [-0.2, 0) is 9.59 Å². The van der Waals surface area contributed by atoms with E-state index >= 15 is 0 Å². The lowest BCUT2D eigenvalue weighted by molar-refractivity contribution is -0.120. The zero-order chi connectivity index (χ0) is 23.7. The summed E-state index contributed by atoms with van der Waals surface area (Å²) in [6.07, 6.45) is 0. The zero-order valence-electron chi connectivity index (χ0n) is 17.1. The van der Waals surface area contributed by atoms with Crippen LogP contribution in [-0.4, -0.2) is 17.8 Å². The molecule has 9 heteroatoms. The zero-order valence-corrected chi connectivity index (χ0v) is 19.3. The van der Waals surface area contributed by atoms with Gasteiger partial charge in [-0.15, -0.1) is 0 Å². The van der Waals surface area contributed by atoms with Crippen molar-refractivity contribution in [2.24, 2.45) is 0 Å². The van der Waals surface area contributed by atoms with Gasteiger partial charge in [-0.2, -0.15) is 0 Å². The minimum atomic E-state index is -0.660. The van der Waals surface area contributed by atoms with Crippen molar-refractivity contribution in [1.82, 2.24) is 0 Å². The lowest BCUT2D eigenvalue weighted by atomic mass is 10.2. The predicted octanol–water partition coefficient (Wildman–Crippen LogP) is 5.96. The number of anilines is 2. The van der Waals surface area contributed by atoms with E-state index in [2.05, 4.69) is 5.32 Å². The van der Waals surface area contributed by atoms with Crippen LogP contribution in [0.1, 0.15) is 15.9 Å². The molecule has 0 saturated heterocycles. The second kappa shape index (κ2) is 9.27. The molecule has 0 unspecified atom stereocenters. The molecule has 0 fully saturated rings. The first-order valence-corrected chi connectivity index (χ1v) is 10.8. The molecule has 6 nitrogen and oxygen atoms in total. The molecule has 33 heavy (non-hydrogen) atoms. The quantitative estimate of drug-likeness (QED) is 0.265. The maximum atomic E-state index is 12.9. The molecule has 0 aliphatic carbocycles. The van der Waals surface area contributed by atoms with Crippen LogP contribution in [0.5, 0.6) is 5.75 Å². The standard InChI is InChI=1S/C24H15Cl3N2O4/c1-13-2-9-17(12-19(13)26)29-22(30)20(27)21(23(29)31)28-16-7-3-14(4-8-16)24(32)33-18-10-5-15(25)6-11-18/h2-12,28H,1H3. The summed E-state index contributed by atoms with van der Waals surface area (Å²) >= 11 is 18.1. The molecule has 4 rings (SSSR count). The third-order valence-electron chi connectivity index (χ3n) is 4.86.